The molecule has 0 aliphatic carbocycles. The Balaban J connectivity index is 2.05. The van der Waals surface area contributed by atoms with E-state index in [1.807, 2.05) is 13.1 Å². The zero-order valence-electron chi connectivity index (χ0n) is 13.2. The highest BCUT2D eigenvalue weighted by atomic mass is 35.5. The minimum Gasteiger partial charge on any atom is -0.370 e. The third kappa shape index (κ3) is 2.79. The lowest BCUT2D eigenvalue weighted by atomic mass is 9.94. The van der Waals surface area contributed by atoms with Crippen LogP contribution in [0, 0.1) is 5.82 Å². The zero-order valence-corrected chi connectivity index (χ0v) is 14.8. The molecule has 126 valence electrons. The second-order valence-electron chi connectivity index (χ2n) is 5.81. The lowest BCUT2D eigenvalue weighted by Crippen LogP contribution is -2.27. The number of aromatic nitrogens is 3. The van der Waals surface area contributed by atoms with E-state index in [9.17, 15) is 4.39 Å². The van der Waals surface area contributed by atoms with Crippen molar-refractivity contribution < 1.29 is 4.39 Å². The quantitative estimate of drug-likeness (QED) is 0.657. The minimum absolute atomic E-state index is 0.312. The Hall–Kier alpha value is -2.37. The van der Waals surface area contributed by atoms with Gasteiger partial charge in [0.15, 0.2) is 0 Å². The van der Waals surface area contributed by atoms with Crippen LogP contribution in [0.15, 0.2) is 49.1 Å². The van der Waals surface area contributed by atoms with Crippen molar-refractivity contribution in [2.24, 2.45) is 0 Å². The molecule has 0 atom stereocenters. The number of fused-ring (bicyclic) bond motifs is 1. The van der Waals surface area contributed by atoms with Gasteiger partial charge in [0.25, 0.3) is 0 Å². The average Bonchev–Trinajstić information content (AvgIpc) is 3.08. The van der Waals surface area contributed by atoms with Crippen molar-refractivity contribution in [3.8, 4) is 0 Å². The van der Waals surface area contributed by atoms with Gasteiger partial charge in [0.2, 0.25) is 0 Å². The largest absolute Gasteiger partial charge is 0.370 e. The molecular weight excluding hydrogens is 362 g/mol. The summed E-state index contributed by atoms with van der Waals surface area (Å²) in [6.07, 6.45) is 3.05. The van der Waals surface area contributed by atoms with Crippen molar-refractivity contribution in [1.29, 1.82) is 0 Å². The first kappa shape index (κ1) is 16.1. The number of hydrogen-bond donors (Lipinski definition) is 0. The molecule has 2 heterocycles. The van der Waals surface area contributed by atoms with Gasteiger partial charge in [0, 0.05) is 46.0 Å². The van der Waals surface area contributed by atoms with Gasteiger partial charge in [-0.1, -0.05) is 29.3 Å². The van der Waals surface area contributed by atoms with Crippen LogP contribution in [0.25, 0.3) is 11.3 Å². The molecule has 0 amide bonds. The van der Waals surface area contributed by atoms with Crippen LogP contribution in [0.3, 0.4) is 0 Å². The van der Waals surface area contributed by atoms with Crippen LogP contribution in [0.1, 0.15) is 11.1 Å². The minimum atomic E-state index is -0.312. The molecule has 0 unspecified atom stereocenters. The first-order valence-electron chi connectivity index (χ1n) is 7.59. The molecule has 4 rings (SSSR count). The van der Waals surface area contributed by atoms with Gasteiger partial charge in [-0.25, -0.2) is 14.1 Å². The molecule has 0 spiro atoms. The van der Waals surface area contributed by atoms with Crippen molar-refractivity contribution in [1.82, 2.24) is 14.8 Å². The Morgan fingerprint density at radius 1 is 1.08 bits per heavy atom. The molecule has 25 heavy (non-hydrogen) atoms. The summed E-state index contributed by atoms with van der Waals surface area (Å²) in [5.74, 6) is -0.312. The van der Waals surface area contributed by atoms with E-state index in [1.165, 1.54) is 18.5 Å². The molecule has 0 N–H and O–H groups in total. The molecule has 1 aliphatic rings. The summed E-state index contributed by atoms with van der Waals surface area (Å²) < 4.78 is 15.6. The van der Waals surface area contributed by atoms with E-state index < -0.39 is 0 Å². The molecule has 1 aliphatic heterocycles. The molecule has 0 saturated heterocycles. The highest BCUT2D eigenvalue weighted by molar-refractivity contribution is 6.36. The van der Waals surface area contributed by atoms with E-state index in [0.29, 0.717) is 16.6 Å². The Labute approximate surface area is 154 Å². The first-order valence-corrected chi connectivity index (χ1v) is 8.35. The Morgan fingerprint density at radius 3 is 2.64 bits per heavy atom. The van der Waals surface area contributed by atoms with E-state index >= 15 is 0 Å². The topological polar surface area (TPSA) is 34.0 Å². The first-order chi connectivity index (χ1) is 12.0. The maximum Gasteiger partial charge on any atom is 0.138 e. The third-order valence-corrected chi connectivity index (χ3v) is 4.76. The lowest BCUT2D eigenvalue weighted by Gasteiger charge is -2.32. The van der Waals surface area contributed by atoms with Gasteiger partial charge in [0.05, 0.1) is 5.70 Å². The van der Waals surface area contributed by atoms with Crippen LogP contribution >= 0.6 is 23.2 Å². The van der Waals surface area contributed by atoms with Crippen LogP contribution in [0.4, 0.5) is 10.1 Å². The highest BCUT2D eigenvalue weighted by Crippen LogP contribution is 2.41. The molecule has 0 fully saturated rings. The van der Waals surface area contributed by atoms with Crippen LogP contribution in [0.5, 0.6) is 0 Å². The molecule has 0 radical (unpaired) electrons. The third-order valence-electron chi connectivity index (χ3n) is 4.21. The molecule has 3 aromatic rings. The number of benzene rings is 2. The van der Waals surface area contributed by atoms with Crippen molar-refractivity contribution in [3.05, 3.63) is 76.0 Å². The molecular formula is C18H13Cl2FN4. The van der Waals surface area contributed by atoms with Gasteiger partial charge in [0.1, 0.15) is 18.5 Å². The average molecular weight is 375 g/mol. The standard InChI is InChI=1S/C18H13Cl2FN4/c1-24-8-15(13-4-2-11(19)6-16(13)20)18(25-10-22-9-23-25)14-7-12(21)3-5-17(14)24/h2-7,9-10H,8H2,1H3. The molecule has 0 bridgehead atoms. The van der Waals surface area contributed by atoms with Crippen LogP contribution in [0.2, 0.25) is 10.0 Å². The van der Waals surface area contributed by atoms with Crippen molar-refractivity contribution >= 4 is 40.2 Å². The van der Waals surface area contributed by atoms with Crippen molar-refractivity contribution in [3.63, 3.8) is 0 Å². The normalized spacial score (nSPS) is 14.0. The monoisotopic (exact) mass is 374 g/mol. The smallest absolute Gasteiger partial charge is 0.138 e. The van der Waals surface area contributed by atoms with Gasteiger partial charge < -0.3 is 4.90 Å². The van der Waals surface area contributed by atoms with Crippen LogP contribution in [-0.4, -0.2) is 28.4 Å². The van der Waals surface area contributed by atoms with E-state index in [-0.39, 0.29) is 5.82 Å². The van der Waals surface area contributed by atoms with Crippen LogP contribution < -0.4 is 4.90 Å². The number of nitrogens with zero attached hydrogens (tertiary/aromatic N) is 4. The highest BCUT2D eigenvalue weighted by Gasteiger charge is 2.26. The van der Waals surface area contributed by atoms with E-state index in [0.717, 1.165) is 28.1 Å². The number of halogens is 3. The molecule has 2 aromatic carbocycles. The van der Waals surface area contributed by atoms with E-state index in [2.05, 4.69) is 15.0 Å². The maximum atomic E-state index is 14.0. The van der Waals surface area contributed by atoms with Gasteiger partial charge in [-0.15, -0.1) is 0 Å². The number of rotatable bonds is 2. The summed E-state index contributed by atoms with van der Waals surface area (Å²) in [4.78, 5) is 6.08. The Kier molecular flexibility index (Phi) is 3.98. The molecule has 1 aromatic heterocycles. The summed E-state index contributed by atoms with van der Waals surface area (Å²) in [6, 6.07) is 10.1. The van der Waals surface area contributed by atoms with E-state index in [4.69, 9.17) is 23.2 Å². The van der Waals surface area contributed by atoms with Gasteiger partial charge in [-0.3, -0.25) is 0 Å². The van der Waals surface area contributed by atoms with Crippen molar-refractivity contribution in [2.75, 3.05) is 18.5 Å². The maximum absolute atomic E-state index is 14.0. The van der Waals surface area contributed by atoms with Crippen LogP contribution in [-0.2, 0) is 0 Å². The van der Waals surface area contributed by atoms with Gasteiger partial charge in [-0.05, 0) is 30.3 Å². The molecule has 4 nitrogen and oxygen atoms in total. The second-order valence-corrected chi connectivity index (χ2v) is 6.65. The summed E-state index contributed by atoms with van der Waals surface area (Å²) in [5.41, 5.74) is 4.17. The Morgan fingerprint density at radius 2 is 1.92 bits per heavy atom. The number of anilines is 1. The lowest BCUT2D eigenvalue weighted by molar-refractivity contribution is 0.626. The summed E-state index contributed by atoms with van der Waals surface area (Å²) in [7, 11) is 1.96. The number of hydrogen-bond acceptors (Lipinski definition) is 3. The molecule has 7 heteroatoms. The zero-order chi connectivity index (χ0) is 17.6. The molecule has 0 saturated carbocycles. The number of likely N-dealkylation sites (N-methyl/N-ethyl adjacent to an activating group) is 1. The van der Waals surface area contributed by atoms with Gasteiger partial charge >= 0.3 is 0 Å². The summed E-state index contributed by atoms with van der Waals surface area (Å²) >= 11 is 12.5. The SMILES string of the molecule is CN1CC(c2ccc(Cl)cc2Cl)=C(n2cncn2)c2cc(F)ccc21. The summed E-state index contributed by atoms with van der Waals surface area (Å²) in [5, 5.41) is 5.35. The Bertz CT molecular complexity index is 983. The second kappa shape index (κ2) is 6.17. The van der Waals surface area contributed by atoms with Gasteiger partial charge in [-0.2, -0.15) is 5.10 Å². The fourth-order valence-electron chi connectivity index (χ4n) is 3.12. The fourth-order valence-corrected chi connectivity index (χ4v) is 3.65. The fraction of sp³-hybridized carbons (Fsp3) is 0.111. The van der Waals surface area contributed by atoms with Crippen molar-refractivity contribution in [2.45, 2.75) is 0 Å². The predicted octanol–water partition coefficient (Wildman–Crippen LogP) is 4.59. The van der Waals surface area contributed by atoms with E-state index in [1.54, 1.807) is 29.2 Å². The predicted molar refractivity (Wildman–Crippen MR) is 98.4 cm³/mol. The summed E-state index contributed by atoms with van der Waals surface area (Å²) in [6.45, 7) is 0.592.